The van der Waals surface area contributed by atoms with Crippen molar-refractivity contribution in [3.63, 3.8) is 0 Å². The first-order valence-corrected chi connectivity index (χ1v) is 8.24. The van der Waals surface area contributed by atoms with Gasteiger partial charge in [-0.1, -0.05) is 17.7 Å². The lowest BCUT2D eigenvalue weighted by atomic mass is 10.0. The van der Waals surface area contributed by atoms with Crippen LogP contribution in [0.3, 0.4) is 0 Å². The molecular weight excluding hydrogens is 381 g/mol. The van der Waals surface area contributed by atoms with Crippen molar-refractivity contribution in [3.8, 4) is 0 Å². The van der Waals surface area contributed by atoms with Crippen molar-refractivity contribution >= 4 is 39.8 Å². The van der Waals surface area contributed by atoms with Gasteiger partial charge in [-0.3, -0.25) is 9.78 Å². The van der Waals surface area contributed by atoms with E-state index in [4.69, 9.17) is 11.6 Å². The summed E-state index contributed by atoms with van der Waals surface area (Å²) in [5.74, 6) is -0.552. The van der Waals surface area contributed by atoms with Crippen LogP contribution in [0.5, 0.6) is 0 Å². The van der Waals surface area contributed by atoms with Crippen LogP contribution in [0.25, 0.3) is 10.9 Å². The van der Waals surface area contributed by atoms with Crippen LogP contribution in [0.1, 0.15) is 11.1 Å². The maximum atomic E-state index is 13.1. The number of carbonyl (C=O) groups excluding carboxylic acids is 1. The summed E-state index contributed by atoms with van der Waals surface area (Å²) >= 11 is 5.96. The third-order valence-electron chi connectivity index (χ3n) is 3.97. The number of anilines is 2. The number of rotatable bonds is 4. The van der Waals surface area contributed by atoms with Gasteiger partial charge in [-0.05, 0) is 42.0 Å². The summed E-state index contributed by atoms with van der Waals surface area (Å²) in [6.07, 6.45) is -3.14. The molecular formula is C19H14ClF3N2O2. The van der Waals surface area contributed by atoms with Gasteiger partial charge in [0.25, 0.3) is 0 Å². The Morgan fingerprint density at radius 3 is 2.63 bits per heavy atom. The Balaban J connectivity index is 2.08. The number of aromatic nitrogens is 1. The first kappa shape index (κ1) is 19.0. The Hall–Kier alpha value is -2.80. The maximum absolute atomic E-state index is 13.1. The summed E-state index contributed by atoms with van der Waals surface area (Å²) in [4.78, 5) is 15.8. The second-order valence-corrected chi connectivity index (χ2v) is 6.20. The number of ether oxygens (including phenoxy) is 1. The average Bonchev–Trinajstić information content (AvgIpc) is 2.62. The van der Waals surface area contributed by atoms with E-state index in [1.165, 1.54) is 19.4 Å². The standard InChI is InChI=1S/C19H14ClF3N2O2/c1-27-18(26)8-11-2-3-12(19(21,22)23)9-16(11)25-15-6-7-24-17-10-13(20)4-5-14(15)17/h2-7,9-10H,8H2,1H3,(H,24,25). The molecule has 1 N–H and O–H groups in total. The summed E-state index contributed by atoms with van der Waals surface area (Å²) in [6.45, 7) is 0. The lowest BCUT2D eigenvalue weighted by molar-refractivity contribution is -0.139. The molecule has 0 fully saturated rings. The van der Waals surface area contributed by atoms with Crippen LogP contribution in [0.4, 0.5) is 24.5 Å². The van der Waals surface area contributed by atoms with E-state index in [0.29, 0.717) is 27.2 Å². The van der Waals surface area contributed by atoms with Crippen LogP contribution >= 0.6 is 11.6 Å². The normalized spacial score (nSPS) is 11.4. The molecule has 0 unspecified atom stereocenters. The van der Waals surface area contributed by atoms with Crippen molar-refractivity contribution < 1.29 is 22.7 Å². The molecule has 0 spiro atoms. The molecule has 27 heavy (non-hydrogen) atoms. The highest BCUT2D eigenvalue weighted by molar-refractivity contribution is 6.31. The van der Waals surface area contributed by atoms with E-state index < -0.39 is 17.7 Å². The predicted molar refractivity (Wildman–Crippen MR) is 97.2 cm³/mol. The summed E-state index contributed by atoms with van der Waals surface area (Å²) in [5.41, 5.74) is 0.863. The molecule has 1 aromatic heterocycles. The zero-order chi connectivity index (χ0) is 19.6. The highest BCUT2D eigenvalue weighted by Crippen LogP contribution is 2.35. The number of carbonyl (C=O) groups is 1. The Labute approximate surface area is 157 Å². The van der Waals surface area contributed by atoms with Crippen molar-refractivity contribution in [1.82, 2.24) is 4.98 Å². The fourth-order valence-corrected chi connectivity index (χ4v) is 2.79. The second kappa shape index (κ2) is 7.44. The lowest BCUT2D eigenvalue weighted by Crippen LogP contribution is -2.10. The molecule has 0 saturated heterocycles. The van der Waals surface area contributed by atoms with Gasteiger partial charge in [0, 0.05) is 28.0 Å². The number of alkyl halides is 3. The number of hydrogen-bond donors (Lipinski definition) is 1. The number of benzene rings is 2. The van der Waals surface area contributed by atoms with E-state index in [2.05, 4.69) is 15.0 Å². The Morgan fingerprint density at radius 1 is 1.15 bits per heavy atom. The van der Waals surface area contributed by atoms with Crippen LogP contribution in [0, 0.1) is 0 Å². The Bertz CT molecular complexity index is 1010. The van der Waals surface area contributed by atoms with Gasteiger partial charge in [0.1, 0.15) is 0 Å². The number of pyridine rings is 1. The SMILES string of the molecule is COC(=O)Cc1ccc(C(F)(F)F)cc1Nc1ccnc2cc(Cl)ccc12. The number of fused-ring (bicyclic) bond motifs is 1. The molecule has 0 aliphatic rings. The fourth-order valence-electron chi connectivity index (χ4n) is 2.63. The third-order valence-corrected chi connectivity index (χ3v) is 4.21. The lowest BCUT2D eigenvalue weighted by Gasteiger charge is -2.16. The summed E-state index contributed by atoms with van der Waals surface area (Å²) in [5, 5.41) is 4.17. The molecule has 0 saturated carbocycles. The third kappa shape index (κ3) is 4.31. The van der Waals surface area contributed by atoms with Crippen molar-refractivity contribution in [3.05, 3.63) is 64.8 Å². The minimum Gasteiger partial charge on any atom is -0.469 e. The van der Waals surface area contributed by atoms with Crippen LogP contribution in [0.15, 0.2) is 48.7 Å². The van der Waals surface area contributed by atoms with E-state index in [0.717, 1.165) is 12.1 Å². The van der Waals surface area contributed by atoms with Gasteiger partial charge >= 0.3 is 12.1 Å². The molecule has 2 aromatic carbocycles. The predicted octanol–water partition coefficient (Wildman–Crippen LogP) is 5.37. The number of nitrogens with zero attached hydrogens (tertiary/aromatic N) is 1. The van der Waals surface area contributed by atoms with E-state index in [1.54, 1.807) is 24.3 Å². The smallest absolute Gasteiger partial charge is 0.416 e. The Kier molecular flexibility index (Phi) is 5.23. The molecule has 8 heteroatoms. The van der Waals surface area contributed by atoms with Gasteiger partial charge < -0.3 is 10.1 Å². The van der Waals surface area contributed by atoms with Crippen LogP contribution in [-0.4, -0.2) is 18.1 Å². The largest absolute Gasteiger partial charge is 0.469 e. The van der Waals surface area contributed by atoms with Gasteiger partial charge in [-0.15, -0.1) is 0 Å². The molecule has 0 aliphatic heterocycles. The molecule has 0 aliphatic carbocycles. The summed E-state index contributed by atoms with van der Waals surface area (Å²) in [6, 6.07) is 9.86. The second-order valence-electron chi connectivity index (χ2n) is 5.77. The van der Waals surface area contributed by atoms with Crippen molar-refractivity contribution in [1.29, 1.82) is 0 Å². The molecule has 0 atom stereocenters. The minimum absolute atomic E-state index is 0.161. The number of hydrogen-bond acceptors (Lipinski definition) is 4. The number of halogens is 4. The fraction of sp³-hybridized carbons (Fsp3) is 0.158. The van der Waals surface area contributed by atoms with Crippen LogP contribution < -0.4 is 5.32 Å². The molecule has 3 aromatic rings. The molecule has 4 nitrogen and oxygen atoms in total. The van der Waals surface area contributed by atoms with Gasteiger partial charge in [0.05, 0.1) is 24.6 Å². The Morgan fingerprint density at radius 2 is 1.93 bits per heavy atom. The van der Waals surface area contributed by atoms with Crippen LogP contribution in [-0.2, 0) is 22.1 Å². The van der Waals surface area contributed by atoms with Crippen molar-refractivity contribution in [2.24, 2.45) is 0 Å². The van der Waals surface area contributed by atoms with Gasteiger partial charge in [-0.25, -0.2) is 0 Å². The van der Waals surface area contributed by atoms with Gasteiger partial charge in [-0.2, -0.15) is 13.2 Å². The number of methoxy groups -OCH3 is 1. The molecule has 140 valence electrons. The first-order chi connectivity index (χ1) is 12.8. The van der Waals surface area contributed by atoms with Gasteiger partial charge in [0.15, 0.2) is 0 Å². The highest BCUT2D eigenvalue weighted by atomic mass is 35.5. The maximum Gasteiger partial charge on any atom is 0.416 e. The van der Waals surface area contributed by atoms with E-state index in [-0.39, 0.29) is 12.1 Å². The highest BCUT2D eigenvalue weighted by Gasteiger charge is 2.31. The quantitative estimate of drug-likeness (QED) is 0.605. The topological polar surface area (TPSA) is 51.2 Å². The molecule has 0 radical (unpaired) electrons. The molecule has 0 amide bonds. The van der Waals surface area contributed by atoms with E-state index >= 15 is 0 Å². The van der Waals surface area contributed by atoms with Gasteiger partial charge in [0.2, 0.25) is 0 Å². The number of esters is 1. The van der Waals surface area contributed by atoms with Crippen molar-refractivity contribution in [2.75, 3.05) is 12.4 Å². The molecule has 3 rings (SSSR count). The average molecular weight is 395 g/mol. The summed E-state index contributed by atoms with van der Waals surface area (Å²) in [7, 11) is 1.22. The zero-order valence-electron chi connectivity index (χ0n) is 14.1. The minimum atomic E-state index is -4.51. The van der Waals surface area contributed by atoms with Crippen LogP contribution in [0.2, 0.25) is 5.02 Å². The summed E-state index contributed by atoms with van der Waals surface area (Å²) < 4.78 is 44.0. The first-order valence-electron chi connectivity index (χ1n) is 7.86. The van der Waals surface area contributed by atoms with Crippen molar-refractivity contribution in [2.45, 2.75) is 12.6 Å². The van der Waals surface area contributed by atoms with E-state index in [1.807, 2.05) is 0 Å². The monoisotopic (exact) mass is 394 g/mol. The molecule has 1 heterocycles. The number of nitrogens with one attached hydrogen (secondary N) is 1. The van der Waals surface area contributed by atoms with E-state index in [9.17, 15) is 18.0 Å². The molecule has 0 bridgehead atoms. The zero-order valence-corrected chi connectivity index (χ0v) is 14.9.